The zero-order valence-electron chi connectivity index (χ0n) is 11.2. The molecule has 2 heteroatoms. The second-order valence-corrected chi connectivity index (χ2v) is 5.56. The molecule has 2 aromatic rings. The Morgan fingerprint density at radius 2 is 1.94 bits per heavy atom. The first-order valence-electron chi connectivity index (χ1n) is 6.51. The Kier molecular flexibility index (Phi) is 4.20. The van der Waals surface area contributed by atoms with Gasteiger partial charge in [-0.3, -0.25) is 0 Å². The Bertz CT molecular complexity index is 528. The average Bonchev–Trinajstić information content (AvgIpc) is 2.83. The third-order valence-electron chi connectivity index (χ3n) is 3.44. The number of aliphatic hydroxyl groups excluding tert-OH is 1. The molecule has 0 aliphatic rings. The molecule has 0 amide bonds. The van der Waals surface area contributed by atoms with Crippen LogP contribution >= 0.6 is 11.3 Å². The number of hydrogen-bond donors (Lipinski definition) is 1. The SMILES string of the molecule is CCc1ccc(CC)c(C(O)c2sccc2C)c1. The van der Waals surface area contributed by atoms with Gasteiger partial charge in [-0.05, 0) is 53.5 Å². The molecular formula is C16H20OS. The summed E-state index contributed by atoms with van der Waals surface area (Å²) in [7, 11) is 0. The van der Waals surface area contributed by atoms with Crippen LogP contribution in [0.3, 0.4) is 0 Å². The second-order valence-electron chi connectivity index (χ2n) is 4.61. The third kappa shape index (κ3) is 2.50. The van der Waals surface area contributed by atoms with Gasteiger partial charge >= 0.3 is 0 Å². The summed E-state index contributed by atoms with van der Waals surface area (Å²) >= 11 is 1.64. The first-order chi connectivity index (χ1) is 8.67. The molecular weight excluding hydrogens is 240 g/mol. The molecule has 0 aliphatic carbocycles. The Morgan fingerprint density at radius 3 is 2.50 bits per heavy atom. The molecule has 0 saturated heterocycles. The van der Waals surface area contributed by atoms with Crippen molar-refractivity contribution in [3.63, 3.8) is 0 Å². The van der Waals surface area contributed by atoms with Crippen molar-refractivity contribution in [2.45, 2.75) is 39.7 Å². The number of thiophene rings is 1. The summed E-state index contributed by atoms with van der Waals surface area (Å²) in [4.78, 5) is 1.07. The van der Waals surface area contributed by atoms with Crippen LogP contribution < -0.4 is 0 Å². The van der Waals surface area contributed by atoms with Crippen LogP contribution in [0.5, 0.6) is 0 Å². The van der Waals surface area contributed by atoms with E-state index in [9.17, 15) is 5.11 Å². The Balaban J connectivity index is 2.45. The Labute approximate surface area is 113 Å². The highest BCUT2D eigenvalue weighted by Gasteiger charge is 2.17. The normalized spacial score (nSPS) is 12.7. The van der Waals surface area contributed by atoms with Crippen LogP contribution in [0.1, 0.15) is 47.1 Å². The van der Waals surface area contributed by atoms with Gasteiger partial charge < -0.3 is 5.11 Å². The molecule has 0 bridgehead atoms. The first kappa shape index (κ1) is 13.3. The summed E-state index contributed by atoms with van der Waals surface area (Å²) in [5.74, 6) is 0. The number of hydrogen-bond acceptors (Lipinski definition) is 2. The molecule has 1 atom stereocenters. The monoisotopic (exact) mass is 260 g/mol. The lowest BCUT2D eigenvalue weighted by atomic mass is 9.95. The topological polar surface area (TPSA) is 20.2 Å². The van der Waals surface area contributed by atoms with Crippen LogP contribution in [0.15, 0.2) is 29.6 Å². The van der Waals surface area contributed by atoms with Gasteiger partial charge in [0.05, 0.1) is 0 Å². The molecule has 1 nitrogen and oxygen atoms in total. The van der Waals surface area contributed by atoms with Crippen LogP contribution in [-0.2, 0) is 12.8 Å². The highest BCUT2D eigenvalue weighted by molar-refractivity contribution is 7.10. The highest BCUT2D eigenvalue weighted by atomic mass is 32.1. The van der Waals surface area contributed by atoms with Crippen molar-refractivity contribution >= 4 is 11.3 Å². The maximum absolute atomic E-state index is 10.6. The summed E-state index contributed by atoms with van der Waals surface area (Å²) in [6.45, 7) is 6.34. The molecule has 1 heterocycles. The fourth-order valence-corrected chi connectivity index (χ4v) is 3.18. The summed E-state index contributed by atoms with van der Waals surface area (Å²) in [5.41, 5.74) is 4.78. The van der Waals surface area contributed by atoms with Gasteiger partial charge in [-0.2, -0.15) is 0 Å². The molecule has 1 unspecified atom stereocenters. The molecule has 1 N–H and O–H groups in total. The maximum Gasteiger partial charge on any atom is 0.114 e. The predicted octanol–water partition coefficient (Wildman–Crippen LogP) is 4.26. The minimum absolute atomic E-state index is 0.480. The van der Waals surface area contributed by atoms with E-state index in [0.717, 1.165) is 23.3 Å². The van der Waals surface area contributed by atoms with E-state index in [-0.39, 0.29) is 0 Å². The van der Waals surface area contributed by atoms with Crippen LogP contribution in [0.25, 0.3) is 0 Å². The van der Waals surface area contributed by atoms with E-state index in [1.165, 1.54) is 16.7 Å². The third-order valence-corrected chi connectivity index (χ3v) is 4.52. The molecule has 2 rings (SSSR count). The van der Waals surface area contributed by atoms with Gasteiger partial charge in [0.15, 0.2) is 0 Å². The number of aliphatic hydroxyl groups is 1. The van der Waals surface area contributed by atoms with Gasteiger partial charge in [0.1, 0.15) is 6.10 Å². The summed E-state index contributed by atoms with van der Waals surface area (Å²) in [6.07, 6.45) is 1.49. The average molecular weight is 260 g/mol. The van der Waals surface area contributed by atoms with Gasteiger partial charge in [-0.15, -0.1) is 11.3 Å². The number of benzene rings is 1. The minimum Gasteiger partial charge on any atom is -0.383 e. The summed E-state index contributed by atoms with van der Waals surface area (Å²) in [6, 6.07) is 8.54. The van der Waals surface area contributed by atoms with Crippen LogP contribution in [-0.4, -0.2) is 5.11 Å². The van der Waals surface area contributed by atoms with E-state index < -0.39 is 6.10 Å². The van der Waals surface area contributed by atoms with Crippen molar-refractivity contribution in [2.75, 3.05) is 0 Å². The summed E-state index contributed by atoms with van der Waals surface area (Å²) < 4.78 is 0. The van der Waals surface area contributed by atoms with E-state index in [1.54, 1.807) is 11.3 Å². The van der Waals surface area contributed by atoms with Crippen molar-refractivity contribution in [1.29, 1.82) is 0 Å². The van der Waals surface area contributed by atoms with E-state index in [0.29, 0.717) is 0 Å². The number of rotatable bonds is 4. The van der Waals surface area contributed by atoms with Gasteiger partial charge in [-0.25, -0.2) is 0 Å². The fourth-order valence-electron chi connectivity index (χ4n) is 2.25. The van der Waals surface area contributed by atoms with E-state index in [1.807, 2.05) is 5.38 Å². The molecule has 1 aromatic heterocycles. The predicted molar refractivity (Wildman–Crippen MR) is 78.3 cm³/mol. The zero-order valence-corrected chi connectivity index (χ0v) is 12.1. The fraction of sp³-hybridized carbons (Fsp3) is 0.375. The largest absolute Gasteiger partial charge is 0.383 e. The second kappa shape index (κ2) is 5.68. The number of aryl methyl sites for hydroxylation is 3. The minimum atomic E-state index is -0.480. The molecule has 18 heavy (non-hydrogen) atoms. The van der Waals surface area contributed by atoms with E-state index >= 15 is 0 Å². The molecule has 0 saturated carbocycles. The molecule has 0 fully saturated rings. The molecule has 0 radical (unpaired) electrons. The van der Waals surface area contributed by atoms with Crippen molar-refractivity contribution in [3.8, 4) is 0 Å². The van der Waals surface area contributed by atoms with Crippen LogP contribution in [0, 0.1) is 6.92 Å². The first-order valence-corrected chi connectivity index (χ1v) is 7.39. The Hall–Kier alpha value is -1.12. The lowest BCUT2D eigenvalue weighted by Gasteiger charge is -2.16. The van der Waals surface area contributed by atoms with Crippen molar-refractivity contribution < 1.29 is 5.11 Å². The smallest absolute Gasteiger partial charge is 0.114 e. The molecule has 0 aliphatic heterocycles. The van der Waals surface area contributed by atoms with Gasteiger partial charge in [0.25, 0.3) is 0 Å². The van der Waals surface area contributed by atoms with Crippen LogP contribution in [0.2, 0.25) is 0 Å². The maximum atomic E-state index is 10.6. The van der Waals surface area contributed by atoms with E-state index in [2.05, 4.69) is 45.0 Å². The van der Waals surface area contributed by atoms with Crippen molar-refractivity contribution in [1.82, 2.24) is 0 Å². The molecule has 1 aromatic carbocycles. The Morgan fingerprint density at radius 1 is 1.17 bits per heavy atom. The van der Waals surface area contributed by atoms with Gasteiger partial charge in [0, 0.05) is 4.88 Å². The van der Waals surface area contributed by atoms with Crippen LogP contribution in [0.4, 0.5) is 0 Å². The zero-order chi connectivity index (χ0) is 13.1. The highest BCUT2D eigenvalue weighted by Crippen LogP contribution is 2.32. The van der Waals surface area contributed by atoms with E-state index in [4.69, 9.17) is 0 Å². The molecule has 96 valence electrons. The van der Waals surface area contributed by atoms with Gasteiger partial charge in [-0.1, -0.05) is 32.0 Å². The van der Waals surface area contributed by atoms with Crippen molar-refractivity contribution in [3.05, 3.63) is 56.8 Å². The lowest BCUT2D eigenvalue weighted by molar-refractivity contribution is 0.222. The standard InChI is InChI=1S/C16H20OS/c1-4-12-6-7-13(5-2)14(10-12)15(17)16-11(3)8-9-18-16/h6-10,15,17H,4-5H2,1-3H3. The summed E-state index contributed by atoms with van der Waals surface area (Å²) in [5, 5.41) is 12.6. The van der Waals surface area contributed by atoms with Gasteiger partial charge in [0.2, 0.25) is 0 Å². The van der Waals surface area contributed by atoms with Crippen molar-refractivity contribution in [2.24, 2.45) is 0 Å². The lowest BCUT2D eigenvalue weighted by Crippen LogP contribution is -2.04. The quantitative estimate of drug-likeness (QED) is 0.870. The molecule has 0 spiro atoms.